The molecule has 0 radical (unpaired) electrons. The predicted molar refractivity (Wildman–Crippen MR) is 126 cm³/mol. The van der Waals surface area contributed by atoms with Gasteiger partial charge in [0.1, 0.15) is 0 Å². The lowest BCUT2D eigenvalue weighted by molar-refractivity contribution is 0.0768. The zero-order valence-corrected chi connectivity index (χ0v) is 18.8. The Labute approximate surface area is 190 Å². The average molecular weight is 444 g/mol. The Morgan fingerprint density at radius 1 is 1.00 bits per heavy atom. The number of likely N-dealkylation sites (tertiary alicyclic amines) is 2. The third kappa shape index (κ3) is 3.80. The van der Waals surface area contributed by atoms with E-state index in [0.29, 0.717) is 17.9 Å². The van der Waals surface area contributed by atoms with E-state index < -0.39 is 0 Å². The Morgan fingerprint density at radius 2 is 1.80 bits per heavy atom. The number of hydrogen-bond acceptors (Lipinski definition) is 3. The smallest absolute Gasteiger partial charge is 0.253 e. The largest absolute Gasteiger partial charge is 0.338 e. The standard InChI is InChI=1S/C24H25N3O.2ClH/c1-16-6-3-4-8-20(16)23-21-15-27(14-19(21)13-26(23)2)24(28)18-9-10-22-17(12-18)7-5-11-25-22;;/h3-12,19,21,23H,13-15H2,1-2H3;2*1H/t19-,21+,23+;;/m0../s1. The van der Waals surface area contributed by atoms with E-state index in [0.717, 1.165) is 36.1 Å². The summed E-state index contributed by atoms with van der Waals surface area (Å²) < 4.78 is 0. The maximum absolute atomic E-state index is 13.2. The van der Waals surface area contributed by atoms with Gasteiger partial charge in [0.25, 0.3) is 5.91 Å². The molecule has 1 amide bonds. The first kappa shape index (κ1) is 22.5. The number of aryl methyl sites for hydroxylation is 1. The summed E-state index contributed by atoms with van der Waals surface area (Å²) in [6, 6.07) is 18.8. The van der Waals surface area contributed by atoms with Gasteiger partial charge < -0.3 is 4.90 Å². The minimum absolute atomic E-state index is 0. The van der Waals surface area contributed by atoms with Gasteiger partial charge in [0.15, 0.2) is 0 Å². The molecule has 4 nitrogen and oxygen atoms in total. The molecule has 2 aliphatic heterocycles. The number of carbonyl (C=O) groups excluding carboxylic acids is 1. The minimum Gasteiger partial charge on any atom is -0.338 e. The van der Waals surface area contributed by atoms with Gasteiger partial charge in [-0.25, -0.2) is 0 Å². The molecule has 30 heavy (non-hydrogen) atoms. The number of aromatic nitrogens is 1. The highest BCUT2D eigenvalue weighted by molar-refractivity contribution is 5.98. The molecule has 2 fully saturated rings. The lowest BCUT2D eigenvalue weighted by Gasteiger charge is -2.28. The first-order valence-corrected chi connectivity index (χ1v) is 10.0. The molecule has 0 saturated carbocycles. The molecule has 2 saturated heterocycles. The van der Waals surface area contributed by atoms with Crippen LogP contribution in [0.5, 0.6) is 0 Å². The van der Waals surface area contributed by atoms with Crippen LogP contribution in [0.25, 0.3) is 10.9 Å². The molecular weight excluding hydrogens is 417 g/mol. The molecule has 3 heterocycles. The number of hydrogen-bond donors (Lipinski definition) is 0. The Bertz CT molecular complexity index is 1060. The SMILES string of the molecule is Cc1ccccc1[C@@H]1[C@@H]2CN(C(=O)c3ccc4ncccc4c3)C[C@@H]2CN1C.Cl.Cl. The van der Waals surface area contributed by atoms with Gasteiger partial charge in [-0.15, -0.1) is 24.8 Å². The Balaban J connectivity index is 0.00000128. The van der Waals surface area contributed by atoms with Crippen molar-refractivity contribution >= 4 is 41.6 Å². The van der Waals surface area contributed by atoms with Crippen molar-refractivity contribution in [2.45, 2.75) is 13.0 Å². The Hall–Kier alpha value is -2.14. The summed E-state index contributed by atoms with van der Waals surface area (Å²) in [7, 11) is 2.22. The number of pyridine rings is 1. The summed E-state index contributed by atoms with van der Waals surface area (Å²) in [6.07, 6.45) is 1.79. The molecule has 3 atom stereocenters. The fourth-order valence-corrected chi connectivity index (χ4v) is 5.20. The van der Waals surface area contributed by atoms with Crippen LogP contribution in [0.1, 0.15) is 27.5 Å². The van der Waals surface area contributed by atoms with Crippen LogP contribution in [0.3, 0.4) is 0 Å². The quantitative estimate of drug-likeness (QED) is 0.572. The zero-order valence-electron chi connectivity index (χ0n) is 17.2. The maximum atomic E-state index is 13.2. The van der Waals surface area contributed by atoms with Crippen LogP contribution in [0.4, 0.5) is 0 Å². The van der Waals surface area contributed by atoms with E-state index in [1.54, 1.807) is 6.20 Å². The van der Waals surface area contributed by atoms with E-state index in [1.807, 2.05) is 30.3 Å². The number of rotatable bonds is 2. The number of carbonyl (C=O) groups is 1. The Kier molecular flexibility index (Phi) is 6.71. The highest BCUT2D eigenvalue weighted by atomic mass is 35.5. The molecule has 2 aromatic carbocycles. The first-order chi connectivity index (χ1) is 13.6. The number of amides is 1. The highest BCUT2D eigenvalue weighted by Gasteiger charge is 2.47. The molecule has 2 aliphatic rings. The number of nitrogens with zero attached hydrogens (tertiary/aromatic N) is 3. The van der Waals surface area contributed by atoms with Crippen molar-refractivity contribution in [2.24, 2.45) is 11.8 Å². The van der Waals surface area contributed by atoms with Gasteiger partial charge in [-0.3, -0.25) is 14.7 Å². The minimum atomic E-state index is 0. The van der Waals surface area contributed by atoms with Crippen molar-refractivity contribution < 1.29 is 4.79 Å². The van der Waals surface area contributed by atoms with Crippen LogP contribution in [0.2, 0.25) is 0 Å². The molecule has 3 aromatic rings. The molecule has 0 bridgehead atoms. The van der Waals surface area contributed by atoms with Crippen molar-refractivity contribution in [3.05, 3.63) is 77.5 Å². The van der Waals surface area contributed by atoms with Crippen molar-refractivity contribution in [3.8, 4) is 0 Å². The lowest BCUT2D eigenvalue weighted by Crippen LogP contribution is -2.33. The first-order valence-electron chi connectivity index (χ1n) is 10.0. The second-order valence-electron chi connectivity index (χ2n) is 8.29. The summed E-state index contributed by atoms with van der Waals surface area (Å²) in [5, 5.41) is 1.02. The molecule has 6 heteroatoms. The van der Waals surface area contributed by atoms with E-state index in [2.05, 4.69) is 53.0 Å². The van der Waals surface area contributed by atoms with Gasteiger partial charge in [-0.1, -0.05) is 30.3 Å². The summed E-state index contributed by atoms with van der Waals surface area (Å²) in [4.78, 5) is 22.1. The van der Waals surface area contributed by atoms with E-state index in [9.17, 15) is 4.79 Å². The van der Waals surface area contributed by atoms with Crippen LogP contribution in [-0.2, 0) is 0 Å². The molecule has 1 aromatic heterocycles. The van der Waals surface area contributed by atoms with E-state index in [4.69, 9.17) is 0 Å². The fraction of sp³-hybridized carbons (Fsp3) is 0.333. The van der Waals surface area contributed by atoms with E-state index >= 15 is 0 Å². The number of halogens is 2. The molecule has 0 aliphatic carbocycles. The molecular formula is C24H27Cl2N3O. The maximum Gasteiger partial charge on any atom is 0.253 e. The highest BCUT2D eigenvalue weighted by Crippen LogP contribution is 2.45. The van der Waals surface area contributed by atoms with Crippen LogP contribution >= 0.6 is 24.8 Å². The zero-order chi connectivity index (χ0) is 19.3. The molecule has 158 valence electrons. The lowest BCUT2D eigenvalue weighted by atomic mass is 9.88. The van der Waals surface area contributed by atoms with Crippen molar-refractivity contribution in [2.75, 3.05) is 26.7 Å². The van der Waals surface area contributed by atoms with Gasteiger partial charge in [-0.2, -0.15) is 0 Å². The van der Waals surface area contributed by atoms with Crippen LogP contribution in [0, 0.1) is 18.8 Å². The summed E-state index contributed by atoms with van der Waals surface area (Å²) >= 11 is 0. The van der Waals surface area contributed by atoms with Gasteiger partial charge in [0.05, 0.1) is 5.52 Å². The predicted octanol–water partition coefficient (Wildman–Crippen LogP) is 4.76. The van der Waals surface area contributed by atoms with Gasteiger partial charge in [0, 0.05) is 48.7 Å². The van der Waals surface area contributed by atoms with Gasteiger partial charge >= 0.3 is 0 Å². The van der Waals surface area contributed by atoms with Crippen LogP contribution in [-0.4, -0.2) is 47.4 Å². The molecule has 0 spiro atoms. The summed E-state index contributed by atoms with van der Waals surface area (Å²) in [6.45, 7) is 4.92. The normalized spacial score (nSPS) is 23.0. The third-order valence-electron chi connectivity index (χ3n) is 6.54. The number of fused-ring (bicyclic) bond motifs is 2. The summed E-state index contributed by atoms with van der Waals surface area (Å²) in [5.74, 6) is 1.18. The third-order valence-corrected chi connectivity index (χ3v) is 6.54. The van der Waals surface area contributed by atoms with E-state index in [1.165, 1.54) is 11.1 Å². The van der Waals surface area contributed by atoms with Crippen molar-refractivity contribution in [3.63, 3.8) is 0 Å². The van der Waals surface area contributed by atoms with Crippen LogP contribution < -0.4 is 0 Å². The summed E-state index contributed by atoms with van der Waals surface area (Å²) in [5.41, 5.74) is 4.44. The topological polar surface area (TPSA) is 36.4 Å². The monoisotopic (exact) mass is 443 g/mol. The number of benzene rings is 2. The average Bonchev–Trinajstić information content (AvgIpc) is 3.24. The van der Waals surface area contributed by atoms with Gasteiger partial charge in [0.2, 0.25) is 0 Å². The fourth-order valence-electron chi connectivity index (χ4n) is 5.20. The van der Waals surface area contributed by atoms with E-state index in [-0.39, 0.29) is 30.7 Å². The molecule has 0 unspecified atom stereocenters. The van der Waals surface area contributed by atoms with Crippen LogP contribution in [0.15, 0.2) is 60.8 Å². The second kappa shape index (κ2) is 8.93. The molecule has 5 rings (SSSR count). The molecule has 0 N–H and O–H groups in total. The van der Waals surface area contributed by atoms with Crippen molar-refractivity contribution in [1.82, 2.24) is 14.8 Å². The second-order valence-corrected chi connectivity index (χ2v) is 8.29. The van der Waals surface area contributed by atoms with Gasteiger partial charge in [-0.05, 0) is 55.3 Å². The Morgan fingerprint density at radius 3 is 2.60 bits per heavy atom. The van der Waals surface area contributed by atoms with Crippen molar-refractivity contribution in [1.29, 1.82) is 0 Å².